The molecule has 0 aromatic rings. The average molecular weight is 2070 g/mol. The molecule has 0 saturated carbocycles. The molecule has 0 bridgehead atoms. The molecule has 7 amide bonds. The fourth-order valence-corrected chi connectivity index (χ4v) is 18.5. The summed E-state index contributed by atoms with van der Waals surface area (Å²) in [5.41, 5.74) is 0. The van der Waals surface area contributed by atoms with Crippen LogP contribution in [0.2, 0.25) is 0 Å². The summed E-state index contributed by atoms with van der Waals surface area (Å²) in [6, 6.07) is -13.4. The molecular formula is C80H133N7O55. The molecule has 62 nitrogen and oxygen atoms in total. The number of nitrogens with one attached hydrogen (secondary N) is 7. The van der Waals surface area contributed by atoms with Crippen LogP contribution in [0.15, 0.2) is 0 Å². The monoisotopic (exact) mass is 2070 g/mol. The first kappa shape index (κ1) is 117. The summed E-state index contributed by atoms with van der Waals surface area (Å²) in [5, 5.41) is 325. The minimum absolute atomic E-state index is 0.833. The van der Waals surface area contributed by atoms with Crippen LogP contribution in [0, 0.1) is 0 Å². The summed E-state index contributed by atoms with van der Waals surface area (Å²) >= 11 is 0. The van der Waals surface area contributed by atoms with E-state index in [1.807, 2.05) is 0 Å². The molecule has 62 heteroatoms. The molecule has 11 aliphatic heterocycles. The van der Waals surface area contributed by atoms with Crippen LogP contribution in [0.1, 0.15) is 55.4 Å². The van der Waals surface area contributed by atoms with Gasteiger partial charge in [-0.15, -0.1) is 0 Å². The molecule has 0 aliphatic carbocycles. The Morgan fingerprint density at radius 1 is 0.197 bits per heavy atom. The quantitative estimate of drug-likeness (QED) is 0.0275. The van der Waals surface area contributed by atoms with E-state index in [2.05, 4.69) is 37.2 Å². The predicted octanol–water partition coefficient (Wildman–Crippen LogP) is -22.9. The summed E-state index contributed by atoms with van der Waals surface area (Å²) in [6.07, 6.45) is -102. The number of carbonyl (C=O) groups is 7. The van der Waals surface area contributed by atoms with Gasteiger partial charge in [-0.05, 0) is 6.92 Å². The third kappa shape index (κ3) is 26.5. The van der Waals surface area contributed by atoms with Crippen molar-refractivity contribution in [2.75, 3.05) is 66.1 Å². The number of ether oxygens (including phenoxy) is 21. The minimum Gasteiger partial charge on any atom is -0.394 e. The molecule has 11 heterocycles. The predicted molar refractivity (Wildman–Crippen MR) is 442 cm³/mol. The van der Waals surface area contributed by atoms with Gasteiger partial charge in [0.05, 0.1) is 72.2 Å². The zero-order chi connectivity index (χ0) is 105. The van der Waals surface area contributed by atoms with E-state index in [1.54, 1.807) is 0 Å². The molecule has 0 aromatic heterocycles. The molecule has 818 valence electrons. The number of aliphatic hydroxyl groups excluding tert-OH is 27. The lowest BCUT2D eigenvalue weighted by molar-refractivity contribution is -0.405. The summed E-state index contributed by atoms with van der Waals surface area (Å²) in [4.78, 5) is 90.6. The van der Waals surface area contributed by atoms with Crippen LogP contribution in [-0.4, -0.2) is 583 Å². The Morgan fingerprint density at radius 3 is 0.789 bits per heavy atom. The van der Waals surface area contributed by atoms with Gasteiger partial charge in [-0.3, -0.25) is 33.6 Å². The van der Waals surface area contributed by atoms with Crippen molar-refractivity contribution >= 4 is 41.4 Å². The fourth-order valence-electron chi connectivity index (χ4n) is 18.5. The maximum atomic E-state index is 13.5. The van der Waals surface area contributed by atoms with Crippen LogP contribution >= 0.6 is 0 Å². The van der Waals surface area contributed by atoms with Crippen LogP contribution in [0.4, 0.5) is 0 Å². The van der Waals surface area contributed by atoms with Crippen molar-refractivity contribution in [1.82, 2.24) is 37.2 Å². The van der Waals surface area contributed by atoms with Crippen LogP contribution < -0.4 is 37.2 Å². The summed E-state index contributed by atoms with van der Waals surface area (Å²) < 4.78 is 128. The van der Waals surface area contributed by atoms with Gasteiger partial charge in [-0.2, -0.15) is 0 Å². The average Bonchev–Trinajstić information content (AvgIpc) is 0.759. The molecule has 55 atom stereocenters. The highest BCUT2D eigenvalue weighted by Gasteiger charge is 2.63. The zero-order valence-corrected chi connectivity index (χ0v) is 77.3. The van der Waals surface area contributed by atoms with Gasteiger partial charge in [-0.1, -0.05) is 0 Å². The van der Waals surface area contributed by atoms with E-state index in [4.69, 9.17) is 99.5 Å². The molecule has 11 saturated heterocycles. The number of amides is 7. The smallest absolute Gasteiger partial charge is 0.217 e. The highest BCUT2D eigenvalue weighted by Crippen LogP contribution is 2.42. The van der Waals surface area contributed by atoms with E-state index in [9.17, 15) is 171 Å². The molecule has 142 heavy (non-hydrogen) atoms. The van der Waals surface area contributed by atoms with Crippen LogP contribution in [0.25, 0.3) is 0 Å². The normalized spacial score (nSPS) is 47.5. The van der Waals surface area contributed by atoms with Gasteiger partial charge in [0.15, 0.2) is 69.2 Å². The number of rotatable bonds is 37. The number of hydrogen-bond donors (Lipinski definition) is 34. The second kappa shape index (κ2) is 51.3. The third-order valence-corrected chi connectivity index (χ3v) is 25.7. The van der Waals surface area contributed by atoms with Crippen LogP contribution in [0.5, 0.6) is 0 Å². The maximum absolute atomic E-state index is 13.5. The summed E-state index contributed by atoms with van der Waals surface area (Å²) in [5.74, 6) is -6.58. The second-order valence-corrected chi connectivity index (χ2v) is 36.0. The first-order valence-corrected chi connectivity index (χ1v) is 45.5. The topological polar surface area (TPSA) is 944 Å². The Kier molecular flexibility index (Phi) is 42.1. The lowest BCUT2D eigenvalue weighted by Gasteiger charge is -2.52. The third-order valence-electron chi connectivity index (χ3n) is 25.7. The van der Waals surface area contributed by atoms with Crippen LogP contribution in [0.3, 0.4) is 0 Å². The molecule has 11 rings (SSSR count). The molecule has 11 aliphatic rings. The van der Waals surface area contributed by atoms with Gasteiger partial charge in [-0.25, -0.2) is 0 Å². The SMILES string of the molecule is CC(=O)N[C@@H]1[C@H](O[C@@H]2[C@@H](O[C@@H]3[C@H](O)[C@H](O[C@H]4[C@H](O)[C@@H](NC(C)=O)[C@H](O[C@H]5[C@H](O)[C@@H](NC(C)=O)C(O)O[C@@H]5CO[C@@H]5O[C@@H](C)[C@@H](O)[C@@H](O)[C@@H]5O)O[C@@H]4CO)O[C@H](CO[C@H]4O[C@H](CO)[C@@H](O)[C@H](O)[C@@H]4O[C@@H]4O[C@H](CO)[C@@H](O[C@@H]5O[C@H](CO)[C@H](O)[C@H](O)[C@H]5NC(C)=O)[C@H](O)[C@H]4NC(C)=O)[C@H]3O)O[C@H](CO)[C@@H](O[C@@H]3O[C@H](CO)[C@@H](O)[C@H](O)[C@H]3NC(C)=O)[C@@H]2O)O[C@H](CO)[C@@H](O[C@@H]2O[C@H](CO)[C@H](O)[C@H](O)[C@H]2NC(C)=O)[C@@H]1O. The van der Waals surface area contributed by atoms with Crippen molar-refractivity contribution in [3.8, 4) is 0 Å². The molecule has 0 aromatic carbocycles. The summed E-state index contributed by atoms with van der Waals surface area (Å²) in [7, 11) is 0. The largest absolute Gasteiger partial charge is 0.394 e. The van der Waals surface area contributed by atoms with E-state index in [1.165, 1.54) is 6.92 Å². The Morgan fingerprint density at radius 2 is 0.444 bits per heavy atom. The Balaban J connectivity index is 0.985. The first-order valence-electron chi connectivity index (χ1n) is 45.5. The van der Waals surface area contributed by atoms with Crippen molar-refractivity contribution in [2.24, 2.45) is 0 Å². The lowest BCUT2D eigenvalue weighted by Crippen LogP contribution is -2.71. The number of carbonyl (C=O) groups excluding carboxylic acids is 7. The lowest BCUT2D eigenvalue weighted by atomic mass is 9.93. The van der Waals surface area contributed by atoms with Crippen molar-refractivity contribution in [2.45, 2.75) is 393 Å². The van der Waals surface area contributed by atoms with E-state index >= 15 is 0 Å². The van der Waals surface area contributed by atoms with Gasteiger partial charge in [0.1, 0.15) is 262 Å². The van der Waals surface area contributed by atoms with E-state index in [0.29, 0.717) is 0 Å². The number of hydrogen-bond acceptors (Lipinski definition) is 55. The minimum atomic E-state index is -2.76. The maximum Gasteiger partial charge on any atom is 0.217 e. The van der Waals surface area contributed by atoms with Crippen LogP contribution in [-0.2, 0) is 133 Å². The van der Waals surface area contributed by atoms with Crippen molar-refractivity contribution in [3.63, 3.8) is 0 Å². The Labute approximate surface area is 805 Å². The molecule has 34 N–H and O–H groups in total. The molecule has 0 spiro atoms. The number of aliphatic hydroxyl groups is 27. The van der Waals surface area contributed by atoms with E-state index in [0.717, 1.165) is 48.5 Å². The van der Waals surface area contributed by atoms with Crippen molar-refractivity contribution < 1.29 is 271 Å². The van der Waals surface area contributed by atoms with E-state index in [-0.39, 0.29) is 0 Å². The van der Waals surface area contributed by atoms with Gasteiger partial charge < -0.3 is 275 Å². The van der Waals surface area contributed by atoms with Crippen molar-refractivity contribution in [1.29, 1.82) is 0 Å². The fraction of sp³-hybridized carbons (Fsp3) is 0.912. The molecule has 1 unspecified atom stereocenters. The van der Waals surface area contributed by atoms with Gasteiger partial charge >= 0.3 is 0 Å². The van der Waals surface area contributed by atoms with Gasteiger partial charge in [0.25, 0.3) is 0 Å². The van der Waals surface area contributed by atoms with E-state index < -0.39 is 445 Å². The molecule has 11 fully saturated rings. The Bertz CT molecular complexity index is 4030. The van der Waals surface area contributed by atoms with Gasteiger partial charge in [0.2, 0.25) is 41.4 Å². The Hall–Kier alpha value is -5.63. The molecular weight excluding hydrogens is 1940 g/mol. The standard InChI is InChI=1S/C80H133N7O55/c1-19-44(103)57(116)59(118)77(124-19)122-18-36-66(53(112)37(70(121)125-36)81-20(2)96)138-74-41(85-24(6)100)56(115)64(33(15-94)130-74)139-78-61(120)67(49(108)35(134-78)17-123-79-68(58(117)48(107)30(12-91)129-79)141-75-42(86-25(7)101)54(113)62(31(13-92)131-75)135-71-38(82-21(3)97)50(109)45(104)27(9-88)126-71)140-80-69(60(119)65(34(16-95)133-80)137-73-40(84-23(5)99)52(111)47(106)29(11-90)128-73)142-76-43(87-26(8)102)55(114)63(32(14-93)132-76)136-72-39(83-22(4)98)51(110)46(105)28(10-89)127-72/h19,27-80,88-95,103-121H,9-18H2,1-8H3,(H,81,96)(H,82,97)(H,83,98)(H,84,99)(H,85,100)(H,86,101)(H,87,102)/t19-,27+,28+,29+,30+,31+,32+,33+,34+,35+,36+,37+,38+,39+,40+,41+,42+,43-,44+,45-,46-,47+,48+,49+,50+,51+,52+,53+,54+,55+,56+,57+,58-,59-,60-,61-,62+,63+,64+,65+,66+,67-,68-,69-,70?,71-,72-,73-,74-,75-,76-,77+,78-,79-,80+/m0/s1. The zero-order valence-electron chi connectivity index (χ0n) is 77.3. The first-order chi connectivity index (χ1) is 67.1. The highest BCUT2D eigenvalue weighted by molar-refractivity contribution is 5.75. The molecule has 0 radical (unpaired) electrons. The van der Waals surface area contributed by atoms with Gasteiger partial charge in [0, 0.05) is 48.5 Å². The second-order valence-electron chi connectivity index (χ2n) is 36.0. The van der Waals surface area contributed by atoms with Crippen molar-refractivity contribution in [3.05, 3.63) is 0 Å². The summed E-state index contributed by atoms with van der Waals surface area (Å²) in [6.45, 7) is -3.76. The highest BCUT2D eigenvalue weighted by atomic mass is 16.8.